The summed E-state index contributed by atoms with van der Waals surface area (Å²) >= 11 is 1.75. The van der Waals surface area contributed by atoms with E-state index in [4.69, 9.17) is 9.72 Å². The number of thiazole rings is 1. The number of nitrogens with one attached hydrogen (secondary N) is 1. The molecule has 6 nitrogen and oxygen atoms in total. The number of carbonyl (C=O) groups excluding carboxylic acids is 2. The summed E-state index contributed by atoms with van der Waals surface area (Å²) in [5.74, 6) is 0.700. The van der Waals surface area contributed by atoms with Gasteiger partial charge in [0.1, 0.15) is 5.75 Å². The van der Waals surface area contributed by atoms with Crippen molar-refractivity contribution in [3.8, 4) is 5.75 Å². The van der Waals surface area contributed by atoms with E-state index in [0.717, 1.165) is 23.4 Å². The molecule has 0 aliphatic carbocycles. The molecule has 3 heterocycles. The third-order valence-corrected chi connectivity index (χ3v) is 6.77. The minimum atomic E-state index is -0.778. The number of rotatable bonds is 3. The molecule has 2 aliphatic heterocycles. The first-order chi connectivity index (χ1) is 14.2. The normalized spacial score (nSPS) is 19.5. The topological polar surface area (TPSA) is 71.5 Å². The third kappa shape index (κ3) is 3.58. The zero-order valence-corrected chi connectivity index (χ0v) is 16.7. The minimum Gasteiger partial charge on any atom is -0.478 e. The lowest BCUT2D eigenvalue weighted by Gasteiger charge is -2.33. The fourth-order valence-electron chi connectivity index (χ4n) is 3.96. The number of ether oxygens (including phenoxy) is 1. The quantitative estimate of drug-likeness (QED) is 0.717. The Balaban J connectivity index is 1.20. The van der Waals surface area contributed by atoms with Crippen molar-refractivity contribution in [2.45, 2.75) is 31.3 Å². The van der Waals surface area contributed by atoms with Gasteiger partial charge in [-0.1, -0.05) is 24.3 Å². The molecular formula is C22H21N3O3S. The van der Waals surface area contributed by atoms with Gasteiger partial charge in [-0.05, 0) is 37.1 Å². The maximum absolute atomic E-state index is 12.8. The van der Waals surface area contributed by atoms with E-state index in [9.17, 15) is 9.59 Å². The summed E-state index contributed by atoms with van der Waals surface area (Å²) in [7, 11) is 0. The van der Waals surface area contributed by atoms with Crippen LogP contribution in [0.1, 0.15) is 30.2 Å². The van der Waals surface area contributed by atoms with Crippen LogP contribution in [-0.4, -0.2) is 40.9 Å². The van der Waals surface area contributed by atoms with E-state index in [1.165, 1.54) is 4.70 Å². The summed E-state index contributed by atoms with van der Waals surface area (Å²) in [6.07, 6.45) is 1.07. The van der Waals surface area contributed by atoms with E-state index in [2.05, 4.69) is 11.4 Å². The number of nitrogens with zero attached hydrogens (tertiary/aromatic N) is 2. The van der Waals surface area contributed by atoms with Crippen molar-refractivity contribution >= 4 is 39.1 Å². The molecule has 0 bridgehead atoms. The highest BCUT2D eigenvalue weighted by Crippen LogP contribution is 2.34. The van der Waals surface area contributed by atoms with Gasteiger partial charge in [0.15, 0.2) is 6.10 Å². The molecule has 1 aromatic heterocycles. The Morgan fingerprint density at radius 1 is 1.14 bits per heavy atom. The van der Waals surface area contributed by atoms with E-state index in [-0.39, 0.29) is 18.2 Å². The van der Waals surface area contributed by atoms with E-state index in [1.807, 2.05) is 35.2 Å². The number of likely N-dealkylation sites (tertiary alicyclic amines) is 1. The molecule has 0 unspecified atom stereocenters. The average Bonchev–Trinajstić information content (AvgIpc) is 3.19. The SMILES string of the molecule is O=C1Nc2ccccc2O[C@H]1CC(=O)N1CCC(c2nc3ccccc3s2)CC1. The fourth-order valence-corrected chi connectivity index (χ4v) is 5.09. The van der Waals surface area contributed by atoms with Gasteiger partial charge in [0.2, 0.25) is 5.91 Å². The molecule has 1 fully saturated rings. The Labute approximate surface area is 172 Å². The predicted molar refractivity (Wildman–Crippen MR) is 112 cm³/mol. The van der Waals surface area contributed by atoms with Gasteiger partial charge in [0, 0.05) is 19.0 Å². The molecule has 0 radical (unpaired) electrons. The lowest BCUT2D eigenvalue weighted by atomic mass is 9.97. The summed E-state index contributed by atoms with van der Waals surface area (Å²) in [6.45, 7) is 1.37. The molecule has 1 saturated heterocycles. The maximum Gasteiger partial charge on any atom is 0.266 e. The van der Waals surface area contributed by atoms with E-state index >= 15 is 0 Å². The summed E-state index contributed by atoms with van der Waals surface area (Å²) < 4.78 is 6.97. The number of amides is 2. The van der Waals surface area contributed by atoms with Crippen molar-refractivity contribution in [2.24, 2.45) is 0 Å². The number of hydrogen-bond donors (Lipinski definition) is 1. The Kier molecular flexibility index (Phi) is 4.67. The molecule has 2 aromatic carbocycles. The fraction of sp³-hybridized carbons (Fsp3) is 0.318. The Hall–Kier alpha value is -2.93. The second kappa shape index (κ2) is 7.48. The highest BCUT2D eigenvalue weighted by molar-refractivity contribution is 7.18. The van der Waals surface area contributed by atoms with Crippen molar-refractivity contribution in [3.63, 3.8) is 0 Å². The molecule has 0 saturated carbocycles. The van der Waals surface area contributed by atoms with Gasteiger partial charge in [0.25, 0.3) is 5.91 Å². The number of para-hydroxylation sites is 3. The summed E-state index contributed by atoms with van der Waals surface area (Å²) in [5.41, 5.74) is 1.70. The van der Waals surface area contributed by atoms with Crippen molar-refractivity contribution in [1.82, 2.24) is 9.88 Å². The highest BCUT2D eigenvalue weighted by atomic mass is 32.1. The lowest BCUT2D eigenvalue weighted by Crippen LogP contribution is -2.44. The average molecular weight is 407 g/mol. The van der Waals surface area contributed by atoms with Crippen LogP contribution in [0.4, 0.5) is 5.69 Å². The van der Waals surface area contributed by atoms with Crippen LogP contribution in [0.3, 0.4) is 0 Å². The molecule has 1 atom stereocenters. The standard InChI is InChI=1S/C22H21N3O3S/c26-20(13-18-21(27)23-15-5-1-3-7-17(15)28-18)25-11-9-14(10-12-25)22-24-16-6-2-4-8-19(16)29-22/h1-8,14,18H,9-13H2,(H,23,27)/t18-/m0/s1. The third-order valence-electron chi connectivity index (χ3n) is 5.57. The van der Waals surface area contributed by atoms with Crippen LogP contribution in [0.25, 0.3) is 10.2 Å². The van der Waals surface area contributed by atoms with Crippen molar-refractivity contribution < 1.29 is 14.3 Å². The zero-order chi connectivity index (χ0) is 19.8. The van der Waals surface area contributed by atoms with Gasteiger partial charge in [-0.2, -0.15) is 0 Å². The summed E-state index contributed by atoms with van der Waals surface area (Å²) in [6, 6.07) is 15.5. The van der Waals surface area contributed by atoms with Crippen LogP contribution in [0.2, 0.25) is 0 Å². The van der Waals surface area contributed by atoms with Crippen LogP contribution in [-0.2, 0) is 9.59 Å². The maximum atomic E-state index is 12.8. The molecule has 7 heteroatoms. The molecule has 5 rings (SSSR count). The Morgan fingerprint density at radius 2 is 1.90 bits per heavy atom. The highest BCUT2D eigenvalue weighted by Gasteiger charge is 2.33. The zero-order valence-electron chi connectivity index (χ0n) is 15.8. The van der Waals surface area contributed by atoms with Crippen molar-refractivity contribution in [2.75, 3.05) is 18.4 Å². The number of aromatic nitrogens is 1. The molecular weight excluding hydrogens is 386 g/mol. The lowest BCUT2D eigenvalue weighted by molar-refractivity contribution is -0.137. The summed E-state index contributed by atoms with van der Waals surface area (Å²) in [4.78, 5) is 31.7. The molecule has 0 spiro atoms. The van der Waals surface area contributed by atoms with E-state index < -0.39 is 6.10 Å². The molecule has 2 aliphatic rings. The van der Waals surface area contributed by atoms with Crippen LogP contribution in [0.15, 0.2) is 48.5 Å². The number of benzene rings is 2. The van der Waals surface area contributed by atoms with Gasteiger partial charge >= 0.3 is 0 Å². The second-order valence-electron chi connectivity index (χ2n) is 7.47. The van der Waals surface area contributed by atoms with Crippen LogP contribution in [0, 0.1) is 0 Å². The van der Waals surface area contributed by atoms with Crippen molar-refractivity contribution in [3.05, 3.63) is 53.5 Å². The van der Waals surface area contributed by atoms with E-state index in [1.54, 1.807) is 23.5 Å². The first-order valence-corrected chi connectivity index (χ1v) is 10.7. The van der Waals surface area contributed by atoms with Crippen molar-refractivity contribution in [1.29, 1.82) is 0 Å². The molecule has 3 aromatic rings. The molecule has 148 valence electrons. The summed E-state index contributed by atoms with van der Waals surface area (Å²) in [5, 5.41) is 3.98. The number of piperidine rings is 1. The van der Waals surface area contributed by atoms with Gasteiger partial charge in [-0.15, -0.1) is 11.3 Å². The van der Waals surface area contributed by atoms with Crippen LogP contribution in [0.5, 0.6) is 5.75 Å². The monoisotopic (exact) mass is 407 g/mol. The molecule has 2 amide bonds. The first kappa shape index (κ1) is 18.1. The smallest absolute Gasteiger partial charge is 0.266 e. The number of carbonyl (C=O) groups is 2. The van der Waals surface area contributed by atoms with Gasteiger partial charge in [-0.3, -0.25) is 9.59 Å². The molecule has 1 N–H and O–H groups in total. The first-order valence-electron chi connectivity index (χ1n) is 9.87. The number of anilines is 1. The Morgan fingerprint density at radius 3 is 2.72 bits per heavy atom. The second-order valence-corrected chi connectivity index (χ2v) is 8.53. The number of hydrogen-bond acceptors (Lipinski definition) is 5. The Bertz CT molecular complexity index is 1040. The van der Waals surface area contributed by atoms with E-state index in [0.29, 0.717) is 30.4 Å². The van der Waals surface area contributed by atoms with Crippen LogP contribution >= 0.6 is 11.3 Å². The van der Waals surface area contributed by atoms with Crippen LogP contribution < -0.4 is 10.1 Å². The minimum absolute atomic E-state index is 0.0349. The van der Waals surface area contributed by atoms with Gasteiger partial charge < -0.3 is 15.0 Å². The van der Waals surface area contributed by atoms with Gasteiger partial charge in [-0.25, -0.2) is 4.98 Å². The van der Waals surface area contributed by atoms with Gasteiger partial charge in [0.05, 0.1) is 27.3 Å². The largest absolute Gasteiger partial charge is 0.478 e. The molecule has 29 heavy (non-hydrogen) atoms. The predicted octanol–water partition coefficient (Wildman–Crippen LogP) is 3.79. The number of fused-ring (bicyclic) bond motifs is 2.